The molecule has 0 aliphatic carbocycles. The lowest BCUT2D eigenvalue weighted by molar-refractivity contribution is 0.310. The second-order valence-electron chi connectivity index (χ2n) is 3.75. The van der Waals surface area contributed by atoms with E-state index < -0.39 is 0 Å². The summed E-state index contributed by atoms with van der Waals surface area (Å²) >= 11 is 5.71. The van der Waals surface area contributed by atoms with Gasteiger partial charge >= 0.3 is 0 Å². The van der Waals surface area contributed by atoms with Crippen molar-refractivity contribution in [2.24, 2.45) is 10.7 Å². The highest BCUT2D eigenvalue weighted by Gasteiger charge is 1.96. The van der Waals surface area contributed by atoms with Crippen molar-refractivity contribution in [3.05, 3.63) is 35.5 Å². The van der Waals surface area contributed by atoms with E-state index in [2.05, 4.69) is 21.9 Å². The Labute approximate surface area is 112 Å². The number of aliphatic imine (C=N–C) groups is 1. The first-order valence-corrected chi connectivity index (χ1v) is 5.88. The van der Waals surface area contributed by atoms with Crippen LogP contribution in [0.4, 0.5) is 0 Å². The number of nitrogens with two attached hydrogens (primary N) is 1. The Balaban J connectivity index is 2.20. The van der Waals surface area contributed by atoms with Crippen LogP contribution >= 0.6 is 11.6 Å². The van der Waals surface area contributed by atoms with Crippen LogP contribution in [-0.2, 0) is 0 Å². The number of pyridine rings is 1. The van der Waals surface area contributed by atoms with Gasteiger partial charge < -0.3 is 15.8 Å². The molecular weight excluding hydrogens is 252 g/mol. The Morgan fingerprint density at radius 3 is 3.00 bits per heavy atom. The second-order valence-corrected chi connectivity index (χ2v) is 4.18. The van der Waals surface area contributed by atoms with Gasteiger partial charge in [0.1, 0.15) is 6.61 Å². The van der Waals surface area contributed by atoms with Gasteiger partial charge in [0.25, 0.3) is 0 Å². The predicted octanol–water partition coefficient (Wildman–Crippen LogP) is 1.59. The minimum Gasteiger partial charge on any atom is -0.476 e. The van der Waals surface area contributed by atoms with Crippen LogP contribution in [0.25, 0.3) is 0 Å². The van der Waals surface area contributed by atoms with Crippen molar-refractivity contribution in [3.8, 4) is 5.88 Å². The van der Waals surface area contributed by atoms with Gasteiger partial charge in [-0.3, -0.25) is 0 Å². The number of nitrogens with zero attached hydrogens (tertiary/aromatic N) is 2. The Bertz CT molecular complexity index is 417. The van der Waals surface area contributed by atoms with Crippen molar-refractivity contribution in [3.63, 3.8) is 0 Å². The summed E-state index contributed by atoms with van der Waals surface area (Å²) in [4.78, 5) is 8.07. The van der Waals surface area contributed by atoms with E-state index in [9.17, 15) is 0 Å². The fourth-order valence-corrected chi connectivity index (χ4v) is 1.17. The van der Waals surface area contributed by atoms with E-state index in [-0.39, 0.29) is 0 Å². The lowest BCUT2D eigenvalue weighted by atomic mass is 10.4. The molecule has 1 rings (SSSR count). The zero-order chi connectivity index (χ0) is 13.4. The number of ether oxygens (including phenoxy) is 1. The third-order valence-corrected chi connectivity index (χ3v) is 2.10. The fraction of sp³-hybridized carbons (Fsp3) is 0.333. The Morgan fingerprint density at radius 2 is 2.39 bits per heavy atom. The highest BCUT2D eigenvalue weighted by Crippen LogP contribution is 2.10. The molecule has 0 saturated heterocycles. The van der Waals surface area contributed by atoms with E-state index in [0.29, 0.717) is 36.6 Å². The first-order valence-electron chi connectivity index (χ1n) is 5.50. The lowest BCUT2D eigenvalue weighted by Gasteiger charge is -2.07. The van der Waals surface area contributed by atoms with Crippen molar-refractivity contribution in [2.75, 3.05) is 19.7 Å². The van der Waals surface area contributed by atoms with E-state index in [1.54, 1.807) is 12.1 Å². The van der Waals surface area contributed by atoms with Gasteiger partial charge in [-0.05, 0) is 13.0 Å². The zero-order valence-electron chi connectivity index (χ0n) is 10.3. The van der Waals surface area contributed by atoms with Gasteiger partial charge in [0.2, 0.25) is 5.88 Å². The molecule has 0 bridgehead atoms. The molecule has 0 aliphatic heterocycles. The van der Waals surface area contributed by atoms with Gasteiger partial charge in [0, 0.05) is 12.3 Å². The van der Waals surface area contributed by atoms with Gasteiger partial charge in [0.05, 0.1) is 18.1 Å². The van der Waals surface area contributed by atoms with Gasteiger partial charge in [-0.25, -0.2) is 9.98 Å². The topological polar surface area (TPSA) is 72.5 Å². The van der Waals surface area contributed by atoms with E-state index in [4.69, 9.17) is 22.1 Å². The molecule has 3 N–H and O–H groups in total. The molecule has 1 heterocycles. The largest absolute Gasteiger partial charge is 0.476 e. The summed E-state index contributed by atoms with van der Waals surface area (Å²) < 4.78 is 5.38. The van der Waals surface area contributed by atoms with Crippen LogP contribution in [0.2, 0.25) is 5.02 Å². The van der Waals surface area contributed by atoms with Crippen molar-refractivity contribution < 1.29 is 4.74 Å². The highest BCUT2D eigenvalue weighted by atomic mass is 35.5. The SMILES string of the molecule is C=C(C)CN=C(N)NCCOc1ccc(Cl)cn1. The summed E-state index contributed by atoms with van der Waals surface area (Å²) in [5.74, 6) is 0.907. The fourth-order valence-electron chi connectivity index (χ4n) is 1.06. The van der Waals surface area contributed by atoms with Crippen LogP contribution in [0.15, 0.2) is 35.5 Å². The normalized spacial score (nSPS) is 11.1. The molecule has 6 heteroatoms. The molecule has 0 amide bonds. The average molecular weight is 269 g/mol. The van der Waals surface area contributed by atoms with Crippen LogP contribution in [0.1, 0.15) is 6.92 Å². The minimum atomic E-state index is 0.380. The molecule has 0 radical (unpaired) electrons. The number of aromatic nitrogens is 1. The number of halogens is 1. The molecule has 1 aromatic heterocycles. The maximum atomic E-state index is 5.71. The van der Waals surface area contributed by atoms with Crippen LogP contribution < -0.4 is 15.8 Å². The third kappa shape index (κ3) is 6.10. The van der Waals surface area contributed by atoms with Crippen LogP contribution in [-0.4, -0.2) is 30.6 Å². The first-order chi connectivity index (χ1) is 8.58. The predicted molar refractivity (Wildman–Crippen MR) is 74.0 cm³/mol. The molecule has 0 aliphatic rings. The van der Waals surface area contributed by atoms with Crippen LogP contribution in [0.5, 0.6) is 5.88 Å². The quantitative estimate of drug-likeness (QED) is 0.356. The van der Waals surface area contributed by atoms with Crippen molar-refractivity contribution in [2.45, 2.75) is 6.92 Å². The Kier molecular flexibility index (Phi) is 6.00. The Hall–Kier alpha value is -1.75. The number of hydrogen-bond acceptors (Lipinski definition) is 3. The van der Waals surface area contributed by atoms with Gasteiger partial charge in [-0.15, -0.1) is 0 Å². The summed E-state index contributed by atoms with van der Waals surface area (Å²) in [6.07, 6.45) is 1.53. The molecule has 5 nitrogen and oxygen atoms in total. The molecule has 0 unspecified atom stereocenters. The van der Waals surface area contributed by atoms with Crippen LogP contribution in [0, 0.1) is 0 Å². The number of rotatable bonds is 6. The smallest absolute Gasteiger partial charge is 0.213 e. The van der Waals surface area contributed by atoms with E-state index >= 15 is 0 Å². The second kappa shape index (κ2) is 7.55. The average Bonchev–Trinajstić information content (AvgIpc) is 2.34. The maximum absolute atomic E-state index is 5.71. The molecule has 0 aromatic carbocycles. The summed E-state index contributed by atoms with van der Waals surface area (Å²) in [6.45, 7) is 7.15. The van der Waals surface area contributed by atoms with E-state index in [1.807, 2.05) is 6.92 Å². The molecule has 1 aromatic rings. The van der Waals surface area contributed by atoms with Crippen molar-refractivity contribution >= 4 is 17.6 Å². The van der Waals surface area contributed by atoms with Crippen LogP contribution in [0.3, 0.4) is 0 Å². The number of hydrogen-bond donors (Lipinski definition) is 2. The lowest BCUT2D eigenvalue weighted by Crippen LogP contribution is -2.34. The van der Waals surface area contributed by atoms with Gasteiger partial charge in [-0.2, -0.15) is 0 Å². The summed E-state index contributed by atoms with van der Waals surface area (Å²) in [7, 11) is 0. The Morgan fingerprint density at radius 1 is 1.61 bits per heavy atom. The van der Waals surface area contributed by atoms with Gasteiger partial charge in [0.15, 0.2) is 5.96 Å². The molecule has 0 atom stereocenters. The van der Waals surface area contributed by atoms with E-state index in [1.165, 1.54) is 6.20 Å². The maximum Gasteiger partial charge on any atom is 0.213 e. The van der Waals surface area contributed by atoms with Crippen molar-refractivity contribution in [1.82, 2.24) is 10.3 Å². The highest BCUT2D eigenvalue weighted by molar-refractivity contribution is 6.30. The third-order valence-electron chi connectivity index (χ3n) is 1.88. The van der Waals surface area contributed by atoms with Gasteiger partial charge in [-0.1, -0.05) is 23.8 Å². The van der Waals surface area contributed by atoms with Crippen molar-refractivity contribution in [1.29, 1.82) is 0 Å². The molecule has 98 valence electrons. The summed E-state index contributed by atoms with van der Waals surface area (Å²) in [6, 6.07) is 3.43. The molecule has 18 heavy (non-hydrogen) atoms. The molecule has 0 fully saturated rings. The summed E-state index contributed by atoms with van der Waals surface area (Å²) in [5.41, 5.74) is 6.59. The summed E-state index contributed by atoms with van der Waals surface area (Å²) in [5, 5.41) is 3.51. The zero-order valence-corrected chi connectivity index (χ0v) is 11.1. The molecule has 0 spiro atoms. The standard InChI is InChI=1S/C12H17ClN4O/c1-9(2)7-17-12(14)15-5-6-18-11-4-3-10(13)8-16-11/h3-4,8H,1,5-7H2,2H3,(H3,14,15,17). The molecule has 0 saturated carbocycles. The monoisotopic (exact) mass is 268 g/mol. The van der Waals surface area contributed by atoms with E-state index in [0.717, 1.165) is 5.57 Å². The first kappa shape index (κ1) is 14.3. The minimum absolute atomic E-state index is 0.380. The molecular formula is C12H17ClN4O. The number of nitrogens with one attached hydrogen (secondary N) is 1. The number of guanidine groups is 1.